The van der Waals surface area contributed by atoms with Gasteiger partial charge in [0.15, 0.2) is 0 Å². The van der Waals surface area contributed by atoms with Gasteiger partial charge in [0.25, 0.3) is 6.39 Å². The Labute approximate surface area is 54.7 Å². The molecule has 1 radical (unpaired) electrons. The number of alkyl halides is 3. The second-order valence-corrected chi connectivity index (χ2v) is 1.72. The molecule has 1 aromatic rings. The SMILES string of the molecule is FC(F)(F)Cc1co[c]n1. The van der Waals surface area contributed by atoms with Crippen LogP contribution in [0, 0.1) is 6.39 Å². The Bertz CT molecular complexity index is 191. The van der Waals surface area contributed by atoms with E-state index >= 15 is 0 Å². The van der Waals surface area contributed by atoms with E-state index in [0.29, 0.717) is 0 Å². The minimum atomic E-state index is -4.22. The molecule has 0 atom stereocenters. The standard InChI is InChI=1S/C5H3F3NO/c6-5(7,8)1-4-2-10-3-9-4/h2H,1H2. The molecule has 5 heteroatoms. The van der Waals surface area contributed by atoms with Crippen LogP contribution in [-0.4, -0.2) is 11.2 Å². The van der Waals surface area contributed by atoms with Crippen LogP contribution in [0.4, 0.5) is 13.2 Å². The van der Waals surface area contributed by atoms with Crippen molar-refractivity contribution in [3.8, 4) is 0 Å². The van der Waals surface area contributed by atoms with Crippen molar-refractivity contribution in [2.75, 3.05) is 0 Å². The second-order valence-electron chi connectivity index (χ2n) is 1.72. The Hall–Kier alpha value is -1.00. The van der Waals surface area contributed by atoms with Gasteiger partial charge in [-0.15, -0.1) is 0 Å². The molecule has 0 spiro atoms. The van der Waals surface area contributed by atoms with Crippen LogP contribution in [0.15, 0.2) is 10.7 Å². The summed E-state index contributed by atoms with van der Waals surface area (Å²) in [6.07, 6.45) is -2.42. The summed E-state index contributed by atoms with van der Waals surface area (Å²) in [6.45, 7) is 0. The van der Waals surface area contributed by atoms with Crippen LogP contribution in [0.25, 0.3) is 0 Å². The molecule has 0 aliphatic heterocycles. The molecule has 0 saturated heterocycles. The van der Waals surface area contributed by atoms with E-state index in [1.54, 1.807) is 0 Å². The Morgan fingerprint density at radius 1 is 1.60 bits per heavy atom. The van der Waals surface area contributed by atoms with Gasteiger partial charge in [-0.1, -0.05) is 0 Å². The van der Waals surface area contributed by atoms with Crippen molar-refractivity contribution in [2.24, 2.45) is 0 Å². The first-order chi connectivity index (χ1) is 4.58. The topological polar surface area (TPSA) is 26.0 Å². The Balaban J connectivity index is 2.57. The molecule has 55 valence electrons. The highest BCUT2D eigenvalue weighted by Crippen LogP contribution is 2.19. The van der Waals surface area contributed by atoms with E-state index in [-0.39, 0.29) is 5.69 Å². The lowest BCUT2D eigenvalue weighted by atomic mass is 10.3. The van der Waals surface area contributed by atoms with Gasteiger partial charge >= 0.3 is 6.18 Å². The molecule has 0 N–H and O–H groups in total. The molecule has 0 aliphatic rings. The Morgan fingerprint density at radius 2 is 2.30 bits per heavy atom. The number of oxazole rings is 1. The van der Waals surface area contributed by atoms with Crippen molar-refractivity contribution < 1.29 is 17.6 Å². The Kier molecular flexibility index (Phi) is 1.65. The summed E-state index contributed by atoms with van der Waals surface area (Å²) in [6, 6.07) is 0. The zero-order valence-electron chi connectivity index (χ0n) is 4.77. The van der Waals surface area contributed by atoms with E-state index in [4.69, 9.17) is 0 Å². The lowest BCUT2D eigenvalue weighted by molar-refractivity contribution is -0.127. The van der Waals surface area contributed by atoms with Gasteiger partial charge in [-0.3, -0.25) is 0 Å². The van der Waals surface area contributed by atoms with Gasteiger partial charge in [-0.25, -0.2) is 4.98 Å². The first-order valence-electron chi connectivity index (χ1n) is 2.45. The van der Waals surface area contributed by atoms with Gasteiger partial charge in [0.2, 0.25) is 0 Å². The molecule has 0 amide bonds. The molecule has 1 rings (SSSR count). The van der Waals surface area contributed by atoms with Crippen LogP contribution >= 0.6 is 0 Å². The highest BCUT2D eigenvalue weighted by atomic mass is 19.4. The van der Waals surface area contributed by atoms with Gasteiger partial charge in [0, 0.05) is 0 Å². The summed E-state index contributed by atoms with van der Waals surface area (Å²) < 4.78 is 38.8. The molecule has 1 aromatic heterocycles. The molecule has 2 nitrogen and oxygen atoms in total. The number of aromatic nitrogens is 1. The summed E-state index contributed by atoms with van der Waals surface area (Å²) in [5.41, 5.74) is -0.146. The monoisotopic (exact) mass is 150 g/mol. The van der Waals surface area contributed by atoms with E-state index in [1.165, 1.54) is 0 Å². The third-order valence-electron chi connectivity index (χ3n) is 0.818. The maximum Gasteiger partial charge on any atom is 0.394 e. The number of hydrogen-bond donors (Lipinski definition) is 0. The highest BCUT2D eigenvalue weighted by Gasteiger charge is 2.28. The normalized spacial score (nSPS) is 11.9. The van der Waals surface area contributed by atoms with E-state index in [2.05, 4.69) is 9.40 Å². The third-order valence-corrected chi connectivity index (χ3v) is 0.818. The van der Waals surface area contributed by atoms with Crippen LogP contribution in [0.5, 0.6) is 0 Å². The maximum absolute atomic E-state index is 11.5. The molecule has 0 fully saturated rings. The zero-order chi connectivity index (χ0) is 7.61. The van der Waals surface area contributed by atoms with Crippen molar-refractivity contribution in [1.29, 1.82) is 0 Å². The van der Waals surface area contributed by atoms with Crippen molar-refractivity contribution in [3.05, 3.63) is 18.4 Å². The molecule has 1 heterocycles. The van der Waals surface area contributed by atoms with Crippen LogP contribution in [0.2, 0.25) is 0 Å². The first-order valence-corrected chi connectivity index (χ1v) is 2.45. The summed E-state index contributed by atoms with van der Waals surface area (Å²) in [5.74, 6) is 0. The molecule has 10 heavy (non-hydrogen) atoms. The van der Waals surface area contributed by atoms with Crippen molar-refractivity contribution in [2.45, 2.75) is 12.6 Å². The lowest BCUT2D eigenvalue weighted by Gasteiger charge is -2.00. The fourth-order valence-corrected chi connectivity index (χ4v) is 0.492. The quantitative estimate of drug-likeness (QED) is 0.607. The molecular formula is C5H3F3NO. The summed E-state index contributed by atoms with van der Waals surface area (Å²) >= 11 is 0. The lowest BCUT2D eigenvalue weighted by Crippen LogP contribution is -2.11. The van der Waals surface area contributed by atoms with Gasteiger partial charge in [-0.2, -0.15) is 13.2 Å². The molecule has 0 bridgehead atoms. The smallest absolute Gasteiger partial charge is 0.394 e. The summed E-state index contributed by atoms with van der Waals surface area (Å²) in [5, 5.41) is 0. The van der Waals surface area contributed by atoms with E-state index in [0.717, 1.165) is 6.26 Å². The molecule has 0 aromatic carbocycles. The second kappa shape index (κ2) is 2.32. The van der Waals surface area contributed by atoms with Crippen LogP contribution < -0.4 is 0 Å². The van der Waals surface area contributed by atoms with E-state index < -0.39 is 12.6 Å². The average Bonchev–Trinajstić information content (AvgIpc) is 2.12. The molecule has 0 aliphatic carbocycles. The van der Waals surface area contributed by atoms with E-state index in [9.17, 15) is 13.2 Å². The van der Waals surface area contributed by atoms with Crippen molar-refractivity contribution >= 4 is 0 Å². The summed E-state index contributed by atoms with van der Waals surface area (Å²) in [7, 11) is 0. The van der Waals surface area contributed by atoms with Gasteiger partial charge in [0.05, 0.1) is 12.1 Å². The number of nitrogens with zero attached hydrogens (tertiary/aromatic N) is 1. The van der Waals surface area contributed by atoms with Crippen LogP contribution in [-0.2, 0) is 6.42 Å². The fraction of sp³-hybridized carbons (Fsp3) is 0.400. The van der Waals surface area contributed by atoms with Crippen LogP contribution in [0.1, 0.15) is 5.69 Å². The number of rotatable bonds is 1. The highest BCUT2D eigenvalue weighted by molar-refractivity contribution is 4.92. The largest absolute Gasteiger partial charge is 0.441 e. The first kappa shape index (κ1) is 7.11. The van der Waals surface area contributed by atoms with Gasteiger partial charge < -0.3 is 4.42 Å². The maximum atomic E-state index is 11.5. The predicted molar refractivity (Wildman–Crippen MR) is 25.1 cm³/mol. The minimum Gasteiger partial charge on any atom is -0.441 e. The molecule has 0 saturated carbocycles. The summed E-state index contributed by atoms with van der Waals surface area (Å²) in [4.78, 5) is 3.19. The Morgan fingerprint density at radius 3 is 2.70 bits per heavy atom. The van der Waals surface area contributed by atoms with Gasteiger partial charge in [0.1, 0.15) is 6.26 Å². The fourth-order valence-electron chi connectivity index (χ4n) is 0.492. The molecular weight excluding hydrogens is 147 g/mol. The van der Waals surface area contributed by atoms with E-state index in [1.807, 2.05) is 6.39 Å². The average molecular weight is 150 g/mol. The predicted octanol–water partition coefficient (Wildman–Crippen LogP) is 1.58. The van der Waals surface area contributed by atoms with Crippen molar-refractivity contribution in [1.82, 2.24) is 4.98 Å². The molecule has 0 unspecified atom stereocenters. The van der Waals surface area contributed by atoms with Gasteiger partial charge in [-0.05, 0) is 0 Å². The number of halogens is 3. The zero-order valence-corrected chi connectivity index (χ0v) is 4.77. The van der Waals surface area contributed by atoms with Crippen molar-refractivity contribution in [3.63, 3.8) is 0 Å². The third kappa shape index (κ3) is 2.08. The minimum absolute atomic E-state index is 0.146. The van der Waals surface area contributed by atoms with Crippen LogP contribution in [0.3, 0.4) is 0 Å². The number of hydrogen-bond acceptors (Lipinski definition) is 2.